The van der Waals surface area contributed by atoms with Gasteiger partial charge in [0.1, 0.15) is 18.5 Å². The number of esters is 2. The number of aliphatic hydroxyl groups is 1. The molecule has 0 aliphatic carbocycles. The Labute approximate surface area is 167 Å². The fourth-order valence-electron chi connectivity index (χ4n) is 2.36. The summed E-state index contributed by atoms with van der Waals surface area (Å²) in [6.45, 7) is 3.02. The second-order valence-corrected chi connectivity index (χ2v) is 6.21. The summed E-state index contributed by atoms with van der Waals surface area (Å²) in [5.41, 5.74) is 0.744. The monoisotopic (exact) mass is 405 g/mol. The van der Waals surface area contributed by atoms with Crippen LogP contribution in [0.1, 0.15) is 19.4 Å². The summed E-state index contributed by atoms with van der Waals surface area (Å²) in [6.07, 6.45) is -0.834. The largest absolute Gasteiger partial charge is 0.504 e. The molecule has 0 bridgehead atoms. The number of aliphatic hydroxyl groups excluding tert-OH is 1. The third-order valence-corrected chi connectivity index (χ3v) is 3.61. The lowest BCUT2D eigenvalue weighted by Gasteiger charge is -2.14. The number of nitrogens with one attached hydrogen (secondary N) is 1. The molecule has 9 heteroatoms. The van der Waals surface area contributed by atoms with Gasteiger partial charge in [-0.05, 0) is 29.8 Å². The molecule has 9 nitrogen and oxygen atoms in total. The molecular weight excluding hydrogens is 382 g/mol. The number of hydrogen-bond acceptors (Lipinski definition) is 9. The molecule has 0 fully saturated rings. The van der Waals surface area contributed by atoms with Crippen LogP contribution in [0.25, 0.3) is 0 Å². The van der Waals surface area contributed by atoms with E-state index < -0.39 is 18.0 Å². The molecule has 29 heavy (non-hydrogen) atoms. The predicted molar refractivity (Wildman–Crippen MR) is 102 cm³/mol. The molecule has 0 spiro atoms. The molecule has 0 aliphatic heterocycles. The molecule has 1 atom stereocenters. The SMILES string of the molecule is CC(=O)Oc1ccc(CNCC(O)COc2ccc(O)c(O)c2)cc1OC(C)=O. The normalized spacial score (nSPS) is 11.6. The summed E-state index contributed by atoms with van der Waals surface area (Å²) in [5.74, 6) is -1.06. The minimum atomic E-state index is -0.834. The van der Waals surface area contributed by atoms with Gasteiger partial charge in [-0.15, -0.1) is 0 Å². The van der Waals surface area contributed by atoms with E-state index in [2.05, 4.69) is 5.32 Å². The number of benzene rings is 2. The quantitative estimate of drug-likeness (QED) is 0.278. The van der Waals surface area contributed by atoms with Gasteiger partial charge in [-0.25, -0.2) is 0 Å². The summed E-state index contributed by atoms with van der Waals surface area (Å²) in [7, 11) is 0. The van der Waals surface area contributed by atoms with Crippen molar-refractivity contribution in [1.82, 2.24) is 5.32 Å². The van der Waals surface area contributed by atoms with Crippen molar-refractivity contribution in [2.24, 2.45) is 0 Å². The van der Waals surface area contributed by atoms with Gasteiger partial charge in [0.2, 0.25) is 0 Å². The average molecular weight is 405 g/mol. The Hall–Kier alpha value is -3.30. The summed E-state index contributed by atoms with van der Waals surface area (Å²) >= 11 is 0. The van der Waals surface area contributed by atoms with E-state index in [-0.39, 0.29) is 36.1 Å². The van der Waals surface area contributed by atoms with Crippen LogP contribution in [0.4, 0.5) is 0 Å². The minimum Gasteiger partial charge on any atom is -0.504 e. The van der Waals surface area contributed by atoms with E-state index in [1.165, 1.54) is 38.1 Å². The van der Waals surface area contributed by atoms with Crippen molar-refractivity contribution in [2.75, 3.05) is 13.2 Å². The first kappa shape index (κ1) is 22.0. The first-order valence-electron chi connectivity index (χ1n) is 8.78. The summed E-state index contributed by atoms with van der Waals surface area (Å²) in [4.78, 5) is 22.4. The van der Waals surface area contributed by atoms with Gasteiger partial charge in [0, 0.05) is 33.0 Å². The Morgan fingerprint density at radius 3 is 2.31 bits per heavy atom. The number of carbonyl (C=O) groups excluding carboxylic acids is 2. The van der Waals surface area contributed by atoms with E-state index in [0.29, 0.717) is 12.3 Å². The van der Waals surface area contributed by atoms with Crippen LogP contribution in [0.5, 0.6) is 28.7 Å². The molecule has 0 aromatic heterocycles. The van der Waals surface area contributed by atoms with E-state index >= 15 is 0 Å². The van der Waals surface area contributed by atoms with Gasteiger partial charge in [0.05, 0.1) is 0 Å². The Balaban J connectivity index is 1.85. The maximum Gasteiger partial charge on any atom is 0.308 e. The highest BCUT2D eigenvalue weighted by Crippen LogP contribution is 2.29. The number of ether oxygens (including phenoxy) is 3. The first-order chi connectivity index (χ1) is 13.7. The van der Waals surface area contributed by atoms with Crippen molar-refractivity contribution >= 4 is 11.9 Å². The molecule has 2 aromatic rings. The van der Waals surface area contributed by atoms with Crippen molar-refractivity contribution in [1.29, 1.82) is 0 Å². The molecule has 2 rings (SSSR count). The second kappa shape index (κ2) is 10.3. The van der Waals surface area contributed by atoms with E-state index in [1.807, 2.05) is 0 Å². The van der Waals surface area contributed by atoms with Crippen LogP contribution in [0, 0.1) is 0 Å². The Bertz CT molecular complexity index is 868. The third-order valence-electron chi connectivity index (χ3n) is 3.61. The standard InChI is InChI=1S/C20H23NO8/c1-12(22)28-19-6-3-14(7-20(19)29-13(2)23)9-21-10-15(24)11-27-16-4-5-17(25)18(26)8-16/h3-8,15,21,24-26H,9-11H2,1-2H3. The Morgan fingerprint density at radius 1 is 0.966 bits per heavy atom. The van der Waals surface area contributed by atoms with Gasteiger partial charge in [0.25, 0.3) is 0 Å². The Morgan fingerprint density at radius 2 is 1.66 bits per heavy atom. The lowest BCUT2D eigenvalue weighted by molar-refractivity contribution is -0.134. The van der Waals surface area contributed by atoms with E-state index in [9.17, 15) is 24.9 Å². The van der Waals surface area contributed by atoms with Gasteiger partial charge in [-0.2, -0.15) is 0 Å². The zero-order valence-corrected chi connectivity index (χ0v) is 16.0. The van der Waals surface area contributed by atoms with Crippen LogP contribution >= 0.6 is 0 Å². The fraction of sp³-hybridized carbons (Fsp3) is 0.300. The minimum absolute atomic E-state index is 0.0265. The van der Waals surface area contributed by atoms with E-state index in [4.69, 9.17) is 14.2 Å². The van der Waals surface area contributed by atoms with Crippen molar-refractivity contribution in [3.63, 3.8) is 0 Å². The molecule has 2 aromatic carbocycles. The predicted octanol–water partition coefficient (Wildman–Crippen LogP) is 1.48. The lowest BCUT2D eigenvalue weighted by Crippen LogP contribution is -2.31. The summed E-state index contributed by atoms with van der Waals surface area (Å²) < 4.78 is 15.4. The van der Waals surface area contributed by atoms with Gasteiger partial charge in [0.15, 0.2) is 23.0 Å². The topological polar surface area (TPSA) is 135 Å². The molecular formula is C20H23NO8. The van der Waals surface area contributed by atoms with Gasteiger partial charge >= 0.3 is 11.9 Å². The highest BCUT2D eigenvalue weighted by Gasteiger charge is 2.12. The highest BCUT2D eigenvalue weighted by molar-refractivity contribution is 5.73. The van der Waals surface area contributed by atoms with E-state index in [1.54, 1.807) is 12.1 Å². The highest BCUT2D eigenvalue weighted by atomic mass is 16.6. The molecule has 0 radical (unpaired) electrons. The van der Waals surface area contributed by atoms with Gasteiger partial charge < -0.3 is 34.8 Å². The number of phenolic OH excluding ortho intramolecular Hbond substituents is 2. The van der Waals surface area contributed by atoms with Crippen LogP contribution in [-0.4, -0.2) is 46.5 Å². The smallest absolute Gasteiger partial charge is 0.308 e. The van der Waals surface area contributed by atoms with E-state index in [0.717, 1.165) is 5.56 Å². The van der Waals surface area contributed by atoms with Crippen molar-refractivity contribution < 1.29 is 39.1 Å². The number of hydrogen-bond donors (Lipinski definition) is 4. The molecule has 0 saturated heterocycles. The van der Waals surface area contributed by atoms with Crippen LogP contribution in [0.2, 0.25) is 0 Å². The molecule has 0 aliphatic rings. The number of aromatic hydroxyl groups is 2. The zero-order valence-electron chi connectivity index (χ0n) is 16.0. The van der Waals surface area contributed by atoms with Crippen LogP contribution in [0.15, 0.2) is 36.4 Å². The maximum absolute atomic E-state index is 11.2. The van der Waals surface area contributed by atoms with Crippen LogP contribution in [0.3, 0.4) is 0 Å². The first-order valence-corrected chi connectivity index (χ1v) is 8.78. The number of rotatable bonds is 9. The summed E-state index contributed by atoms with van der Waals surface area (Å²) in [5, 5.41) is 31.7. The van der Waals surface area contributed by atoms with Crippen molar-refractivity contribution in [3.8, 4) is 28.7 Å². The molecule has 0 amide bonds. The molecule has 4 N–H and O–H groups in total. The van der Waals surface area contributed by atoms with Gasteiger partial charge in [-0.3, -0.25) is 9.59 Å². The van der Waals surface area contributed by atoms with Crippen molar-refractivity contribution in [2.45, 2.75) is 26.5 Å². The molecule has 0 heterocycles. The second-order valence-electron chi connectivity index (χ2n) is 6.21. The number of carbonyl (C=O) groups is 2. The number of phenols is 2. The summed E-state index contributed by atoms with van der Waals surface area (Å²) in [6, 6.07) is 8.78. The third kappa shape index (κ3) is 7.32. The Kier molecular flexibility index (Phi) is 7.81. The van der Waals surface area contributed by atoms with Gasteiger partial charge in [-0.1, -0.05) is 6.07 Å². The molecule has 0 saturated carbocycles. The average Bonchev–Trinajstić information content (AvgIpc) is 2.64. The van der Waals surface area contributed by atoms with Crippen molar-refractivity contribution in [3.05, 3.63) is 42.0 Å². The lowest BCUT2D eigenvalue weighted by atomic mass is 10.2. The van der Waals surface area contributed by atoms with Crippen LogP contribution < -0.4 is 19.5 Å². The zero-order chi connectivity index (χ0) is 21.4. The van der Waals surface area contributed by atoms with Crippen LogP contribution in [-0.2, 0) is 16.1 Å². The molecule has 1 unspecified atom stereocenters. The fourth-order valence-corrected chi connectivity index (χ4v) is 2.36. The molecule has 156 valence electrons. The maximum atomic E-state index is 11.2.